The highest BCUT2D eigenvalue weighted by molar-refractivity contribution is 9.10. The molecule has 0 amide bonds. The predicted molar refractivity (Wildman–Crippen MR) is 84.4 cm³/mol. The molecule has 0 heterocycles. The molecule has 0 fully saturated rings. The van der Waals surface area contributed by atoms with Gasteiger partial charge in [-0.1, -0.05) is 15.9 Å². The van der Waals surface area contributed by atoms with Crippen LogP contribution in [-0.2, 0) is 9.47 Å². The van der Waals surface area contributed by atoms with Crippen LogP contribution in [0.15, 0.2) is 28.7 Å². The van der Waals surface area contributed by atoms with Gasteiger partial charge in [-0.25, -0.2) is 0 Å². The largest absolute Gasteiger partial charge is 0.492 e. The smallest absolute Gasteiger partial charge is 0.119 e. The first-order chi connectivity index (χ1) is 9.83. The Morgan fingerprint density at radius 1 is 0.950 bits per heavy atom. The molecule has 0 saturated carbocycles. The average Bonchev–Trinajstić information content (AvgIpc) is 2.47. The van der Waals surface area contributed by atoms with E-state index in [9.17, 15) is 0 Å². The molecule has 0 spiro atoms. The Balaban J connectivity index is 1.84. The number of nitrogens with one attached hydrogen (secondary N) is 1. The van der Waals surface area contributed by atoms with Gasteiger partial charge in [-0.2, -0.15) is 0 Å². The molecule has 4 nitrogen and oxygen atoms in total. The van der Waals surface area contributed by atoms with Gasteiger partial charge in [0.15, 0.2) is 0 Å². The summed E-state index contributed by atoms with van der Waals surface area (Å²) < 4.78 is 17.0. The lowest BCUT2D eigenvalue weighted by Crippen LogP contribution is -2.22. The van der Waals surface area contributed by atoms with E-state index in [-0.39, 0.29) is 0 Å². The number of rotatable bonds is 12. The molecule has 0 atom stereocenters. The Kier molecular flexibility index (Phi) is 10.6. The third-order valence-corrected chi connectivity index (χ3v) is 3.21. The molecule has 0 bridgehead atoms. The highest BCUT2D eigenvalue weighted by Gasteiger charge is 1.94. The minimum absolute atomic E-state index is 0.672. The quantitative estimate of drug-likeness (QED) is 0.591. The number of unbranched alkanes of at least 4 members (excludes halogenated alkanes) is 1. The molecular weight excluding hydrogens is 322 g/mol. The lowest BCUT2D eigenvalue weighted by molar-refractivity contribution is 0.0688. The van der Waals surface area contributed by atoms with E-state index in [0.29, 0.717) is 19.8 Å². The highest BCUT2D eigenvalue weighted by Crippen LogP contribution is 2.15. The summed E-state index contributed by atoms with van der Waals surface area (Å²) in [6.07, 6.45) is 2.19. The normalized spacial score (nSPS) is 10.7. The topological polar surface area (TPSA) is 39.7 Å². The van der Waals surface area contributed by atoms with Gasteiger partial charge in [-0.05, 0) is 43.7 Å². The van der Waals surface area contributed by atoms with E-state index in [1.165, 1.54) is 0 Å². The molecule has 0 aromatic heterocycles. The summed E-state index contributed by atoms with van der Waals surface area (Å²) in [5.41, 5.74) is 0. The zero-order valence-electron chi connectivity index (χ0n) is 12.1. The van der Waals surface area contributed by atoms with Crippen LogP contribution < -0.4 is 10.1 Å². The summed E-state index contributed by atoms with van der Waals surface area (Å²) in [6.45, 7) is 4.71. The average molecular weight is 346 g/mol. The molecule has 0 aliphatic heterocycles. The molecule has 0 radical (unpaired) electrons. The van der Waals surface area contributed by atoms with Crippen molar-refractivity contribution in [2.45, 2.75) is 12.8 Å². The second kappa shape index (κ2) is 12.1. The lowest BCUT2D eigenvalue weighted by atomic mass is 10.3. The standard InChI is InChI=1S/C15H24BrNO3/c1-18-12-13-19-10-3-2-8-17-9-11-20-15-6-4-14(16)5-7-15/h4-7,17H,2-3,8-13H2,1H3. The van der Waals surface area contributed by atoms with Gasteiger partial charge in [0, 0.05) is 24.7 Å². The maximum atomic E-state index is 5.61. The Hall–Kier alpha value is -0.620. The van der Waals surface area contributed by atoms with Crippen molar-refractivity contribution < 1.29 is 14.2 Å². The minimum Gasteiger partial charge on any atom is -0.492 e. The van der Waals surface area contributed by atoms with Crippen LogP contribution in [0.4, 0.5) is 0 Å². The summed E-state index contributed by atoms with van der Waals surface area (Å²) >= 11 is 3.40. The number of hydrogen-bond donors (Lipinski definition) is 1. The van der Waals surface area contributed by atoms with Gasteiger partial charge in [0.05, 0.1) is 13.2 Å². The van der Waals surface area contributed by atoms with Crippen molar-refractivity contribution in [3.05, 3.63) is 28.7 Å². The molecule has 0 aliphatic carbocycles. The maximum Gasteiger partial charge on any atom is 0.119 e. The zero-order chi connectivity index (χ0) is 14.5. The second-order valence-corrected chi connectivity index (χ2v) is 5.28. The van der Waals surface area contributed by atoms with Crippen molar-refractivity contribution >= 4 is 15.9 Å². The fourth-order valence-corrected chi connectivity index (χ4v) is 1.86. The van der Waals surface area contributed by atoms with Crippen LogP contribution in [0.1, 0.15) is 12.8 Å². The Morgan fingerprint density at radius 2 is 1.75 bits per heavy atom. The van der Waals surface area contributed by atoms with E-state index in [1.807, 2.05) is 24.3 Å². The molecule has 1 aromatic rings. The first-order valence-corrected chi connectivity index (χ1v) is 7.78. The van der Waals surface area contributed by atoms with Crippen molar-refractivity contribution in [1.82, 2.24) is 5.32 Å². The fourth-order valence-electron chi connectivity index (χ4n) is 1.60. The molecule has 0 aliphatic rings. The van der Waals surface area contributed by atoms with E-state index in [0.717, 1.165) is 42.8 Å². The van der Waals surface area contributed by atoms with Crippen LogP contribution in [0.3, 0.4) is 0 Å². The number of ether oxygens (including phenoxy) is 3. The van der Waals surface area contributed by atoms with Crippen LogP contribution >= 0.6 is 15.9 Å². The summed E-state index contributed by atoms with van der Waals surface area (Å²) in [5.74, 6) is 0.904. The first kappa shape index (κ1) is 17.4. The lowest BCUT2D eigenvalue weighted by Gasteiger charge is -2.08. The van der Waals surface area contributed by atoms with Crippen LogP contribution in [0, 0.1) is 0 Å². The monoisotopic (exact) mass is 345 g/mol. The van der Waals surface area contributed by atoms with Gasteiger partial charge in [-0.15, -0.1) is 0 Å². The summed E-state index contributed by atoms with van der Waals surface area (Å²) in [6, 6.07) is 7.88. The van der Waals surface area contributed by atoms with Crippen molar-refractivity contribution in [3.8, 4) is 5.75 Å². The van der Waals surface area contributed by atoms with Gasteiger partial charge in [-0.3, -0.25) is 0 Å². The fraction of sp³-hybridized carbons (Fsp3) is 0.600. The summed E-state index contributed by atoms with van der Waals surface area (Å²) in [7, 11) is 1.68. The van der Waals surface area contributed by atoms with Crippen LogP contribution in [0.2, 0.25) is 0 Å². The number of benzene rings is 1. The van der Waals surface area contributed by atoms with Gasteiger partial charge in [0.1, 0.15) is 12.4 Å². The molecule has 114 valence electrons. The Labute approximate surface area is 129 Å². The molecule has 20 heavy (non-hydrogen) atoms. The predicted octanol–water partition coefficient (Wildman–Crippen LogP) is 2.86. The third kappa shape index (κ3) is 9.31. The maximum absolute atomic E-state index is 5.61. The zero-order valence-corrected chi connectivity index (χ0v) is 13.7. The number of methoxy groups -OCH3 is 1. The van der Waals surface area contributed by atoms with Crippen LogP contribution in [0.25, 0.3) is 0 Å². The molecule has 1 N–H and O–H groups in total. The van der Waals surface area contributed by atoms with Crippen molar-refractivity contribution in [1.29, 1.82) is 0 Å². The van der Waals surface area contributed by atoms with Crippen molar-refractivity contribution in [2.75, 3.05) is 46.6 Å². The molecule has 1 aromatic carbocycles. The SMILES string of the molecule is COCCOCCCCNCCOc1ccc(Br)cc1. The Morgan fingerprint density at radius 3 is 2.50 bits per heavy atom. The summed E-state index contributed by atoms with van der Waals surface area (Å²) in [4.78, 5) is 0. The van der Waals surface area contributed by atoms with Gasteiger partial charge >= 0.3 is 0 Å². The first-order valence-electron chi connectivity index (χ1n) is 6.98. The van der Waals surface area contributed by atoms with Crippen LogP contribution in [0.5, 0.6) is 5.75 Å². The van der Waals surface area contributed by atoms with E-state index in [1.54, 1.807) is 7.11 Å². The van der Waals surface area contributed by atoms with E-state index >= 15 is 0 Å². The second-order valence-electron chi connectivity index (χ2n) is 4.36. The molecule has 1 rings (SSSR count). The molecular formula is C15H24BrNO3. The van der Waals surface area contributed by atoms with Crippen molar-refractivity contribution in [3.63, 3.8) is 0 Å². The molecule has 0 saturated heterocycles. The van der Waals surface area contributed by atoms with Gasteiger partial charge < -0.3 is 19.5 Å². The van der Waals surface area contributed by atoms with E-state index in [2.05, 4.69) is 21.2 Å². The van der Waals surface area contributed by atoms with E-state index < -0.39 is 0 Å². The van der Waals surface area contributed by atoms with Gasteiger partial charge in [0.2, 0.25) is 0 Å². The minimum atomic E-state index is 0.672. The highest BCUT2D eigenvalue weighted by atomic mass is 79.9. The molecule has 5 heteroatoms. The van der Waals surface area contributed by atoms with Crippen LogP contribution in [-0.4, -0.2) is 46.6 Å². The van der Waals surface area contributed by atoms with Crippen molar-refractivity contribution in [2.24, 2.45) is 0 Å². The van der Waals surface area contributed by atoms with E-state index in [4.69, 9.17) is 14.2 Å². The number of hydrogen-bond acceptors (Lipinski definition) is 4. The Bertz CT molecular complexity index is 332. The summed E-state index contributed by atoms with van der Waals surface area (Å²) in [5, 5.41) is 3.35. The molecule has 0 unspecified atom stereocenters. The van der Waals surface area contributed by atoms with Gasteiger partial charge in [0.25, 0.3) is 0 Å². The third-order valence-electron chi connectivity index (χ3n) is 2.69. The number of halogens is 1.